The number of benzene rings is 1. The Labute approximate surface area is 151 Å². The Bertz CT molecular complexity index is 579. The van der Waals surface area contributed by atoms with Gasteiger partial charge in [0.05, 0.1) is 25.5 Å². The standard InChI is InChI=1S/C20H30N2O3/c1-5-20(3,6-2)25-16-17(23)15-21-11-13-22(14-12-21)18-9-7-8-10-19(18)24-4/h1,7-10,17,23H,6,11-16H2,2-4H3/t17-,20-/m1/s1. The number of para-hydroxylation sites is 2. The van der Waals surface area contributed by atoms with E-state index in [1.807, 2.05) is 32.0 Å². The maximum Gasteiger partial charge on any atom is 0.142 e. The lowest BCUT2D eigenvalue weighted by molar-refractivity contribution is -0.0473. The summed E-state index contributed by atoms with van der Waals surface area (Å²) in [7, 11) is 1.70. The Balaban J connectivity index is 1.79. The molecule has 5 nitrogen and oxygen atoms in total. The van der Waals surface area contributed by atoms with E-state index in [9.17, 15) is 5.11 Å². The number of hydrogen-bond donors (Lipinski definition) is 1. The quantitative estimate of drug-likeness (QED) is 0.730. The van der Waals surface area contributed by atoms with Crippen LogP contribution in [-0.4, -0.2) is 68.2 Å². The monoisotopic (exact) mass is 346 g/mol. The van der Waals surface area contributed by atoms with Crippen molar-refractivity contribution in [2.45, 2.75) is 32.0 Å². The third-order valence-electron chi connectivity index (χ3n) is 4.84. The molecule has 1 heterocycles. The maximum absolute atomic E-state index is 10.3. The van der Waals surface area contributed by atoms with Crippen LogP contribution in [0.1, 0.15) is 20.3 Å². The molecular weight excluding hydrogens is 316 g/mol. The van der Waals surface area contributed by atoms with Crippen molar-refractivity contribution in [3.63, 3.8) is 0 Å². The van der Waals surface area contributed by atoms with Gasteiger partial charge in [-0.15, -0.1) is 6.42 Å². The molecule has 1 saturated heterocycles. The van der Waals surface area contributed by atoms with E-state index in [0.717, 1.165) is 44.0 Å². The highest BCUT2D eigenvalue weighted by Gasteiger charge is 2.24. The van der Waals surface area contributed by atoms with Gasteiger partial charge >= 0.3 is 0 Å². The van der Waals surface area contributed by atoms with Crippen LogP contribution in [0.5, 0.6) is 5.75 Å². The Morgan fingerprint density at radius 3 is 2.56 bits per heavy atom. The highest BCUT2D eigenvalue weighted by molar-refractivity contribution is 5.58. The number of nitrogens with zero attached hydrogens (tertiary/aromatic N) is 2. The molecule has 2 atom stereocenters. The largest absolute Gasteiger partial charge is 0.495 e. The predicted molar refractivity (Wildman–Crippen MR) is 101 cm³/mol. The van der Waals surface area contributed by atoms with Crippen molar-refractivity contribution in [1.82, 2.24) is 4.90 Å². The predicted octanol–water partition coefficient (Wildman–Crippen LogP) is 2.00. The lowest BCUT2D eigenvalue weighted by Gasteiger charge is -2.37. The van der Waals surface area contributed by atoms with Crippen LogP contribution in [0, 0.1) is 12.3 Å². The lowest BCUT2D eigenvalue weighted by atomic mass is 10.1. The lowest BCUT2D eigenvalue weighted by Crippen LogP contribution is -2.49. The molecule has 1 aliphatic rings. The van der Waals surface area contributed by atoms with E-state index in [4.69, 9.17) is 15.9 Å². The van der Waals surface area contributed by atoms with Crippen LogP contribution >= 0.6 is 0 Å². The van der Waals surface area contributed by atoms with Gasteiger partial charge in [0, 0.05) is 32.7 Å². The number of aliphatic hydroxyl groups is 1. The second-order valence-electron chi connectivity index (χ2n) is 6.65. The van der Waals surface area contributed by atoms with E-state index in [1.54, 1.807) is 7.11 Å². The first kappa shape index (κ1) is 19.6. The van der Waals surface area contributed by atoms with Crippen LogP contribution in [0.25, 0.3) is 0 Å². The molecule has 0 radical (unpaired) electrons. The fourth-order valence-electron chi connectivity index (χ4n) is 2.94. The first-order valence-corrected chi connectivity index (χ1v) is 8.91. The highest BCUT2D eigenvalue weighted by atomic mass is 16.5. The third-order valence-corrected chi connectivity index (χ3v) is 4.84. The number of methoxy groups -OCH3 is 1. The van der Waals surface area contributed by atoms with Crippen molar-refractivity contribution in [3.05, 3.63) is 24.3 Å². The van der Waals surface area contributed by atoms with Crippen LogP contribution in [0.2, 0.25) is 0 Å². The number of terminal acetylenes is 1. The minimum atomic E-state index is -0.594. The van der Waals surface area contributed by atoms with Crippen LogP contribution in [0.3, 0.4) is 0 Å². The van der Waals surface area contributed by atoms with Gasteiger partial charge in [0.2, 0.25) is 0 Å². The van der Waals surface area contributed by atoms with E-state index in [0.29, 0.717) is 6.54 Å². The molecule has 1 aromatic rings. The average molecular weight is 346 g/mol. The average Bonchev–Trinajstić information content (AvgIpc) is 2.66. The maximum atomic E-state index is 10.3. The van der Waals surface area contributed by atoms with Gasteiger partial charge in [-0.2, -0.15) is 0 Å². The number of β-amino-alcohol motifs (C(OH)–C–C–N with tert-alkyl or cyclic N) is 1. The summed E-state index contributed by atoms with van der Waals surface area (Å²) in [6.07, 6.45) is 5.70. The summed E-state index contributed by atoms with van der Waals surface area (Å²) in [5, 5.41) is 10.3. The Kier molecular flexibility index (Phi) is 7.12. The summed E-state index contributed by atoms with van der Waals surface area (Å²) in [5.41, 5.74) is 0.532. The fraction of sp³-hybridized carbons (Fsp3) is 0.600. The van der Waals surface area contributed by atoms with Gasteiger partial charge in [-0.1, -0.05) is 25.0 Å². The van der Waals surface area contributed by atoms with Crippen LogP contribution in [0.4, 0.5) is 5.69 Å². The van der Waals surface area contributed by atoms with Gasteiger partial charge in [0.25, 0.3) is 0 Å². The molecule has 1 aromatic carbocycles. The molecule has 0 spiro atoms. The second kappa shape index (κ2) is 9.10. The van der Waals surface area contributed by atoms with Crippen LogP contribution in [-0.2, 0) is 4.74 Å². The van der Waals surface area contributed by atoms with Crippen molar-refractivity contribution in [2.24, 2.45) is 0 Å². The van der Waals surface area contributed by atoms with Gasteiger partial charge in [-0.3, -0.25) is 4.90 Å². The van der Waals surface area contributed by atoms with E-state index in [-0.39, 0.29) is 6.61 Å². The van der Waals surface area contributed by atoms with Gasteiger partial charge in [0.1, 0.15) is 11.4 Å². The molecule has 1 aliphatic heterocycles. The number of hydrogen-bond acceptors (Lipinski definition) is 5. The molecule has 25 heavy (non-hydrogen) atoms. The number of aliphatic hydroxyl groups excluding tert-OH is 1. The van der Waals surface area contributed by atoms with Gasteiger partial charge in [-0.05, 0) is 25.5 Å². The summed E-state index contributed by atoms with van der Waals surface area (Å²) in [6.45, 7) is 8.35. The van der Waals surface area contributed by atoms with Crippen LogP contribution in [0.15, 0.2) is 24.3 Å². The zero-order chi connectivity index (χ0) is 18.3. The Morgan fingerprint density at radius 2 is 1.96 bits per heavy atom. The Hall–Kier alpha value is -1.74. The zero-order valence-electron chi connectivity index (χ0n) is 15.6. The highest BCUT2D eigenvalue weighted by Crippen LogP contribution is 2.28. The van der Waals surface area contributed by atoms with Crippen molar-refractivity contribution in [1.29, 1.82) is 0 Å². The summed E-state index contributed by atoms with van der Waals surface area (Å²) < 4.78 is 11.2. The van der Waals surface area contributed by atoms with E-state index >= 15 is 0 Å². The SMILES string of the molecule is C#C[C@](C)(CC)OC[C@H](O)CN1CCN(c2ccccc2OC)CC1. The van der Waals surface area contributed by atoms with Gasteiger partial charge < -0.3 is 19.5 Å². The summed E-state index contributed by atoms with van der Waals surface area (Å²) in [6, 6.07) is 8.08. The van der Waals surface area contributed by atoms with E-state index in [1.165, 1.54) is 0 Å². The topological polar surface area (TPSA) is 45.2 Å². The molecule has 0 aromatic heterocycles. The number of ether oxygens (including phenoxy) is 2. The zero-order valence-corrected chi connectivity index (χ0v) is 15.6. The molecule has 2 rings (SSSR count). The Morgan fingerprint density at radius 1 is 1.28 bits per heavy atom. The van der Waals surface area contributed by atoms with E-state index in [2.05, 4.69) is 21.8 Å². The van der Waals surface area contributed by atoms with Crippen molar-refractivity contribution < 1.29 is 14.6 Å². The number of anilines is 1. The first-order chi connectivity index (χ1) is 12.0. The van der Waals surface area contributed by atoms with Gasteiger partial charge in [-0.25, -0.2) is 0 Å². The fourth-order valence-corrected chi connectivity index (χ4v) is 2.94. The minimum absolute atomic E-state index is 0.265. The number of rotatable bonds is 8. The molecular formula is C20H30N2O3. The van der Waals surface area contributed by atoms with Crippen molar-refractivity contribution in [2.75, 3.05) is 51.3 Å². The van der Waals surface area contributed by atoms with Crippen molar-refractivity contribution in [3.8, 4) is 18.1 Å². The van der Waals surface area contributed by atoms with Crippen molar-refractivity contribution >= 4 is 5.69 Å². The second-order valence-corrected chi connectivity index (χ2v) is 6.65. The summed E-state index contributed by atoms with van der Waals surface area (Å²) in [5.74, 6) is 3.56. The van der Waals surface area contributed by atoms with Gasteiger partial charge in [0.15, 0.2) is 0 Å². The minimum Gasteiger partial charge on any atom is -0.495 e. The van der Waals surface area contributed by atoms with Crippen LogP contribution < -0.4 is 9.64 Å². The first-order valence-electron chi connectivity index (χ1n) is 8.91. The number of piperazine rings is 1. The smallest absolute Gasteiger partial charge is 0.142 e. The summed E-state index contributed by atoms with van der Waals surface area (Å²) >= 11 is 0. The molecule has 0 unspecified atom stereocenters. The molecule has 1 N–H and O–H groups in total. The third kappa shape index (κ3) is 5.37. The molecule has 0 amide bonds. The molecule has 5 heteroatoms. The molecule has 0 saturated carbocycles. The summed E-state index contributed by atoms with van der Waals surface area (Å²) in [4.78, 5) is 4.59. The van der Waals surface area contributed by atoms with E-state index < -0.39 is 11.7 Å². The molecule has 0 bridgehead atoms. The molecule has 0 aliphatic carbocycles. The molecule has 1 fully saturated rings. The molecule has 138 valence electrons. The normalized spacial score (nSPS) is 19.1.